The Kier molecular flexibility index (Phi) is 6.58. The highest BCUT2D eigenvalue weighted by Gasteiger charge is 2.28. The standard InChI is InChI=1S/C25H24N6O2.CH4/c1-2-21(32)30-14-6-7-18(15-30)31-25-22(24(26)27-16-28-25)23(29-31)17-10-12-20(13-11-17)33-19-8-4-3-5-9-19;/h2-5,8-13,16,18H,1,6-7,14-15H2,(H2,26,27,28);1H4. The van der Waals surface area contributed by atoms with E-state index >= 15 is 0 Å². The molecule has 1 atom stereocenters. The number of aromatic nitrogens is 4. The molecule has 5 rings (SSSR count). The van der Waals surface area contributed by atoms with E-state index in [1.54, 1.807) is 4.90 Å². The van der Waals surface area contributed by atoms with Crippen LogP contribution in [0.25, 0.3) is 22.3 Å². The third-order valence-corrected chi connectivity index (χ3v) is 5.85. The van der Waals surface area contributed by atoms with Gasteiger partial charge in [0.25, 0.3) is 0 Å². The number of carbonyl (C=O) groups is 1. The van der Waals surface area contributed by atoms with Crippen molar-refractivity contribution in [3.63, 3.8) is 0 Å². The highest BCUT2D eigenvalue weighted by atomic mass is 16.5. The maximum absolute atomic E-state index is 12.2. The predicted molar refractivity (Wildman–Crippen MR) is 133 cm³/mol. The first-order valence-corrected chi connectivity index (χ1v) is 10.9. The number of piperidine rings is 1. The normalized spacial score (nSPS) is 15.5. The highest BCUT2D eigenvalue weighted by molar-refractivity contribution is 5.98. The van der Waals surface area contributed by atoms with Crippen molar-refractivity contribution in [3.05, 3.63) is 73.6 Å². The van der Waals surface area contributed by atoms with Gasteiger partial charge in [0.15, 0.2) is 5.65 Å². The highest BCUT2D eigenvalue weighted by Crippen LogP contribution is 2.34. The first-order chi connectivity index (χ1) is 16.1. The molecule has 1 amide bonds. The summed E-state index contributed by atoms with van der Waals surface area (Å²) >= 11 is 0. The largest absolute Gasteiger partial charge is 0.457 e. The fourth-order valence-electron chi connectivity index (χ4n) is 4.24. The quantitative estimate of drug-likeness (QED) is 0.431. The summed E-state index contributed by atoms with van der Waals surface area (Å²) in [6.45, 7) is 4.88. The van der Waals surface area contributed by atoms with Crippen LogP contribution in [-0.4, -0.2) is 43.6 Å². The zero-order valence-corrected chi connectivity index (χ0v) is 18.1. The number of benzene rings is 2. The van der Waals surface area contributed by atoms with Gasteiger partial charge in [-0.2, -0.15) is 5.10 Å². The summed E-state index contributed by atoms with van der Waals surface area (Å²) in [5, 5.41) is 5.62. The van der Waals surface area contributed by atoms with Crippen LogP contribution in [0.2, 0.25) is 0 Å². The van der Waals surface area contributed by atoms with Gasteiger partial charge in [0, 0.05) is 18.7 Å². The molecule has 8 heteroatoms. The van der Waals surface area contributed by atoms with Crippen LogP contribution in [0.3, 0.4) is 0 Å². The van der Waals surface area contributed by atoms with Crippen molar-refractivity contribution in [1.82, 2.24) is 24.6 Å². The van der Waals surface area contributed by atoms with Gasteiger partial charge in [0.05, 0.1) is 11.4 Å². The van der Waals surface area contributed by atoms with Crippen molar-refractivity contribution >= 4 is 22.8 Å². The molecule has 2 aromatic heterocycles. The van der Waals surface area contributed by atoms with Crippen LogP contribution < -0.4 is 10.5 Å². The van der Waals surface area contributed by atoms with E-state index in [0.29, 0.717) is 35.6 Å². The Balaban J connectivity index is 0.00000274. The van der Waals surface area contributed by atoms with Crippen molar-refractivity contribution < 1.29 is 9.53 Å². The minimum Gasteiger partial charge on any atom is -0.457 e. The number of likely N-dealkylation sites (tertiary alicyclic amines) is 1. The summed E-state index contributed by atoms with van der Waals surface area (Å²) in [5.41, 5.74) is 8.52. The molecule has 3 heterocycles. The third-order valence-electron chi connectivity index (χ3n) is 5.85. The molecule has 34 heavy (non-hydrogen) atoms. The van der Waals surface area contributed by atoms with Gasteiger partial charge in [-0.1, -0.05) is 32.2 Å². The van der Waals surface area contributed by atoms with Crippen molar-refractivity contribution in [2.45, 2.75) is 26.3 Å². The lowest BCUT2D eigenvalue weighted by Gasteiger charge is -2.32. The molecule has 1 aliphatic rings. The van der Waals surface area contributed by atoms with Gasteiger partial charge in [-0.05, 0) is 55.3 Å². The van der Waals surface area contributed by atoms with E-state index in [0.717, 1.165) is 29.9 Å². The summed E-state index contributed by atoms with van der Waals surface area (Å²) in [6, 6.07) is 17.3. The number of amides is 1. The number of nitrogens with zero attached hydrogens (tertiary/aromatic N) is 5. The molecule has 2 N–H and O–H groups in total. The number of ether oxygens (including phenoxy) is 1. The molecule has 1 saturated heterocycles. The SMILES string of the molecule is C.C=CC(=O)N1CCCC(n2nc(-c3ccc(Oc4ccccc4)cc3)c3c(N)ncnc32)C1. The summed E-state index contributed by atoms with van der Waals surface area (Å²) < 4.78 is 7.79. The average molecular weight is 457 g/mol. The molecule has 0 radical (unpaired) electrons. The summed E-state index contributed by atoms with van der Waals surface area (Å²) in [7, 11) is 0. The lowest BCUT2D eigenvalue weighted by atomic mass is 10.1. The summed E-state index contributed by atoms with van der Waals surface area (Å²) in [6.07, 6.45) is 4.58. The van der Waals surface area contributed by atoms with E-state index < -0.39 is 0 Å². The number of nitrogen functional groups attached to an aromatic ring is 1. The van der Waals surface area contributed by atoms with Crippen LogP contribution in [0.15, 0.2) is 73.6 Å². The smallest absolute Gasteiger partial charge is 0.246 e. The fourth-order valence-corrected chi connectivity index (χ4v) is 4.24. The summed E-state index contributed by atoms with van der Waals surface area (Å²) in [5.74, 6) is 1.80. The van der Waals surface area contributed by atoms with E-state index in [4.69, 9.17) is 15.6 Å². The topological polar surface area (TPSA) is 99.2 Å². The first kappa shape index (κ1) is 23.0. The van der Waals surface area contributed by atoms with Crippen LogP contribution in [0, 0.1) is 0 Å². The number of anilines is 1. The van der Waals surface area contributed by atoms with Crippen LogP contribution in [0.4, 0.5) is 5.82 Å². The fraction of sp³-hybridized carbons (Fsp3) is 0.231. The number of nitrogens with two attached hydrogens (primary N) is 1. The first-order valence-electron chi connectivity index (χ1n) is 10.9. The predicted octanol–water partition coefficient (Wildman–Crippen LogP) is 4.85. The second-order valence-corrected chi connectivity index (χ2v) is 7.97. The maximum Gasteiger partial charge on any atom is 0.246 e. The van der Waals surface area contributed by atoms with Crippen LogP contribution in [0.5, 0.6) is 11.5 Å². The summed E-state index contributed by atoms with van der Waals surface area (Å²) in [4.78, 5) is 22.7. The third kappa shape index (κ3) is 4.34. The molecule has 2 aromatic carbocycles. The lowest BCUT2D eigenvalue weighted by Crippen LogP contribution is -2.40. The number of carbonyl (C=O) groups excluding carboxylic acids is 1. The Morgan fingerprint density at radius 3 is 2.56 bits per heavy atom. The second-order valence-electron chi connectivity index (χ2n) is 7.97. The number of hydrogen-bond acceptors (Lipinski definition) is 6. The van der Waals surface area contributed by atoms with E-state index in [-0.39, 0.29) is 19.4 Å². The van der Waals surface area contributed by atoms with Gasteiger partial charge in [-0.15, -0.1) is 0 Å². The molecule has 1 fully saturated rings. The number of rotatable bonds is 5. The Labute approximate surface area is 198 Å². The van der Waals surface area contributed by atoms with E-state index in [9.17, 15) is 4.79 Å². The molecule has 4 aromatic rings. The van der Waals surface area contributed by atoms with E-state index in [1.165, 1.54) is 12.4 Å². The van der Waals surface area contributed by atoms with Crippen molar-refractivity contribution in [1.29, 1.82) is 0 Å². The molecule has 0 bridgehead atoms. The molecule has 0 spiro atoms. The van der Waals surface area contributed by atoms with Gasteiger partial charge in [0.2, 0.25) is 5.91 Å². The van der Waals surface area contributed by atoms with Gasteiger partial charge < -0.3 is 15.4 Å². The Hall–Kier alpha value is -4.20. The number of hydrogen-bond donors (Lipinski definition) is 1. The molecule has 0 saturated carbocycles. The number of fused-ring (bicyclic) bond motifs is 1. The number of para-hydroxylation sites is 1. The minimum atomic E-state index is -0.0699. The molecule has 1 unspecified atom stereocenters. The van der Waals surface area contributed by atoms with E-state index in [2.05, 4.69) is 16.5 Å². The Morgan fingerprint density at radius 1 is 1.09 bits per heavy atom. The van der Waals surface area contributed by atoms with Gasteiger partial charge in [-0.25, -0.2) is 14.6 Å². The van der Waals surface area contributed by atoms with Crippen LogP contribution in [-0.2, 0) is 4.79 Å². The Morgan fingerprint density at radius 2 is 1.82 bits per heavy atom. The molecule has 8 nitrogen and oxygen atoms in total. The average Bonchev–Trinajstić information content (AvgIpc) is 3.26. The molecule has 0 aliphatic carbocycles. The molecular weight excluding hydrogens is 428 g/mol. The van der Waals surface area contributed by atoms with Gasteiger partial charge in [-0.3, -0.25) is 4.79 Å². The zero-order chi connectivity index (χ0) is 22.8. The zero-order valence-electron chi connectivity index (χ0n) is 18.1. The van der Waals surface area contributed by atoms with Crippen molar-refractivity contribution in [2.75, 3.05) is 18.8 Å². The Bertz CT molecular complexity index is 1300. The minimum absolute atomic E-state index is 0. The maximum atomic E-state index is 12.2. The molecule has 174 valence electrons. The van der Waals surface area contributed by atoms with Crippen LogP contribution >= 0.6 is 0 Å². The van der Waals surface area contributed by atoms with E-state index in [1.807, 2.05) is 59.3 Å². The monoisotopic (exact) mass is 456 g/mol. The van der Waals surface area contributed by atoms with Gasteiger partial charge >= 0.3 is 0 Å². The van der Waals surface area contributed by atoms with Gasteiger partial charge in [0.1, 0.15) is 29.3 Å². The molecule has 1 aliphatic heterocycles. The lowest BCUT2D eigenvalue weighted by molar-refractivity contribution is -0.127. The molecular formula is C26H28N6O2. The van der Waals surface area contributed by atoms with Crippen molar-refractivity contribution in [3.8, 4) is 22.8 Å². The van der Waals surface area contributed by atoms with Crippen LogP contribution in [0.1, 0.15) is 26.3 Å². The second kappa shape index (κ2) is 9.74. The van der Waals surface area contributed by atoms with Crippen molar-refractivity contribution in [2.24, 2.45) is 0 Å².